The lowest BCUT2D eigenvalue weighted by Crippen LogP contribution is -2.33. The normalized spacial score (nSPS) is 23.0. The summed E-state index contributed by atoms with van der Waals surface area (Å²) < 4.78 is 41.8. The van der Waals surface area contributed by atoms with Crippen molar-refractivity contribution in [3.63, 3.8) is 0 Å². The van der Waals surface area contributed by atoms with Crippen LogP contribution in [0, 0.1) is 5.82 Å². The third-order valence-corrected chi connectivity index (χ3v) is 5.92. The third kappa shape index (κ3) is 2.43. The molecule has 0 unspecified atom stereocenters. The Morgan fingerprint density at radius 1 is 1.27 bits per heavy atom. The zero-order valence-corrected chi connectivity index (χ0v) is 12.9. The molecule has 1 fully saturated rings. The van der Waals surface area contributed by atoms with Crippen LogP contribution in [-0.4, -0.2) is 41.6 Å². The van der Waals surface area contributed by atoms with Crippen molar-refractivity contribution >= 4 is 10.0 Å². The van der Waals surface area contributed by atoms with E-state index in [0.717, 1.165) is 0 Å². The van der Waals surface area contributed by atoms with Crippen LogP contribution in [0.25, 0.3) is 0 Å². The van der Waals surface area contributed by atoms with Crippen LogP contribution >= 0.6 is 0 Å². The quantitative estimate of drug-likeness (QED) is 0.900. The van der Waals surface area contributed by atoms with Crippen LogP contribution in [-0.2, 0) is 17.1 Å². The summed E-state index contributed by atoms with van der Waals surface area (Å²) in [4.78, 5) is 0. The number of benzene rings is 1. The molecule has 1 aromatic heterocycles. The summed E-state index contributed by atoms with van der Waals surface area (Å²) in [7, 11) is -2.11. The fraction of sp³-hybridized carbons (Fsp3) is 0.357. The highest BCUT2D eigenvalue weighted by atomic mass is 32.2. The summed E-state index contributed by atoms with van der Waals surface area (Å²) in [5.74, 6) is -0.716. The molecule has 0 amide bonds. The van der Waals surface area contributed by atoms with Gasteiger partial charge in [-0.05, 0) is 17.7 Å². The molecule has 3 rings (SSSR count). The van der Waals surface area contributed by atoms with Crippen LogP contribution in [0.2, 0.25) is 0 Å². The Kier molecular flexibility index (Phi) is 3.75. The Balaban J connectivity index is 1.91. The smallest absolute Gasteiger partial charge is 0.260 e. The molecule has 2 N–H and O–H groups in total. The van der Waals surface area contributed by atoms with E-state index < -0.39 is 16.1 Å². The summed E-state index contributed by atoms with van der Waals surface area (Å²) in [6.07, 6.45) is 1.43. The van der Waals surface area contributed by atoms with Gasteiger partial charge in [0, 0.05) is 32.1 Å². The van der Waals surface area contributed by atoms with Crippen LogP contribution < -0.4 is 5.73 Å². The molecule has 22 heavy (non-hydrogen) atoms. The predicted octanol–water partition coefficient (Wildman–Crippen LogP) is 0.675. The van der Waals surface area contributed by atoms with Gasteiger partial charge in [-0.2, -0.15) is 9.40 Å². The number of hydrogen-bond donors (Lipinski definition) is 1. The minimum Gasteiger partial charge on any atom is -0.326 e. The molecule has 0 radical (unpaired) electrons. The summed E-state index contributed by atoms with van der Waals surface area (Å²) >= 11 is 0. The highest BCUT2D eigenvalue weighted by Gasteiger charge is 2.40. The maximum atomic E-state index is 13.9. The fourth-order valence-electron chi connectivity index (χ4n) is 2.84. The van der Waals surface area contributed by atoms with Gasteiger partial charge in [0.1, 0.15) is 5.82 Å². The average molecular weight is 324 g/mol. The van der Waals surface area contributed by atoms with E-state index in [-0.39, 0.29) is 29.9 Å². The van der Waals surface area contributed by atoms with Crippen molar-refractivity contribution in [2.75, 3.05) is 13.1 Å². The molecule has 6 nitrogen and oxygen atoms in total. The third-order valence-electron chi connectivity index (χ3n) is 4.02. The monoisotopic (exact) mass is 324 g/mol. The van der Waals surface area contributed by atoms with E-state index in [1.54, 1.807) is 25.2 Å². The van der Waals surface area contributed by atoms with E-state index in [0.29, 0.717) is 5.56 Å². The number of sulfonamides is 1. The standard InChI is InChI=1S/C14H17FN4O2S/c1-18-14(6-7-17-18)22(20,21)19-8-11(13(16)9-19)10-4-2-3-5-12(10)15/h2-7,11,13H,8-9,16H2,1H3/t11-,13+/m0/s1. The van der Waals surface area contributed by atoms with E-state index in [1.807, 2.05) is 0 Å². The first-order chi connectivity index (χ1) is 10.4. The fourth-order valence-corrected chi connectivity index (χ4v) is 4.44. The van der Waals surface area contributed by atoms with Gasteiger partial charge < -0.3 is 5.73 Å². The largest absolute Gasteiger partial charge is 0.326 e. The second kappa shape index (κ2) is 5.45. The van der Waals surface area contributed by atoms with Gasteiger partial charge >= 0.3 is 0 Å². The van der Waals surface area contributed by atoms with Crippen LogP contribution in [0.5, 0.6) is 0 Å². The van der Waals surface area contributed by atoms with Crippen molar-refractivity contribution in [2.24, 2.45) is 12.8 Å². The number of rotatable bonds is 3. The maximum Gasteiger partial charge on any atom is 0.260 e. The predicted molar refractivity (Wildman–Crippen MR) is 79.1 cm³/mol. The Bertz CT molecular complexity index is 790. The minimum atomic E-state index is -3.68. The first kappa shape index (κ1) is 15.1. The SMILES string of the molecule is Cn1nccc1S(=O)(=O)N1C[C@@H](N)[C@H](c2ccccc2F)C1. The second-order valence-corrected chi connectivity index (χ2v) is 7.29. The molecule has 0 saturated carbocycles. The van der Waals surface area contributed by atoms with Crippen molar-refractivity contribution in [1.82, 2.24) is 14.1 Å². The Morgan fingerprint density at radius 2 is 2.00 bits per heavy atom. The molecule has 1 aliphatic heterocycles. The van der Waals surface area contributed by atoms with Gasteiger partial charge in [-0.15, -0.1) is 0 Å². The van der Waals surface area contributed by atoms with Gasteiger partial charge in [0.15, 0.2) is 5.03 Å². The molecule has 8 heteroatoms. The van der Waals surface area contributed by atoms with E-state index >= 15 is 0 Å². The van der Waals surface area contributed by atoms with E-state index in [1.165, 1.54) is 27.3 Å². The van der Waals surface area contributed by atoms with Gasteiger partial charge in [-0.25, -0.2) is 12.8 Å². The molecule has 2 aromatic rings. The molecular weight excluding hydrogens is 307 g/mol. The van der Waals surface area contributed by atoms with E-state index in [9.17, 15) is 12.8 Å². The highest BCUT2D eigenvalue weighted by molar-refractivity contribution is 7.89. The van der Waals surface area contributed by atoms with Gasteiger partial charge in [0.05, 0.1) is 6.20 Å². The van der Waals surface area contributed by atoms with Crippen LogP contribution in [0.1, 0.15) is 11.5 Å². The molecule has 1 aromatic carbocycles. The summed E-state index contributed by atoms with van der Waals surface area (Å²) in [6.45, 7) is 0.322. The van der Waals surface area contributed by atoms with Crippen molar-refractivity contribution in [1.29, 1.82) is 0 Å². The zero-order valence-electron chi connectivity index (χ0n) is 12.1. The number of nitrogens with two attached hydrogens (primary N) is 1. The molecule has 2 heterocycles. The number of aryl methyl sites for hydroxylation is 1. The maximum absolute atomic E-state index is 13.9. The molecule has 0 bridgehead atoms. The highest BCUT2D eigenvalue weighted by Crippen LogP contribution is 2.31. The Hall–Kier alpha value is -1.77. The first-order valence-electron chi connectivity index (χ1n) is 6.89. The molecule has 1 saturated heterocycles. The van der Waals surface area contributed by atoms with Gasteiger partial charge in [-0.1, -0.05) is 18.2 Å². The number of halogens is 1. The number of hydrogen-bond acceptors (Lipinski definition) is 4. The molecule has 0 aliphatic carbocycles. The lowest BCUT2D eigenvalue weighted by atomic mass is 9.94. The Morgan fingerprint density at radius 3 is 2.64 bits per heavy atom. The van der Waals surface area contributed by atoms with Gasteiger partial charge in [0.25, 0.3) is 10.0 Å². The summed E-state index contributed by atoms with van der Waals surface area (Å²) in [6, 6.07) is 7.34. The van der Waals surface area contributed by atoms with Crippen LogP contribution in [0.3, 0.4) is 0 Å². The molecule has 2 atom stereocenters. The molecule has 0 spiro atoms. The molecule has 118 valence electrons. The van der Waals surface area contributed by atoms with E-state index in [2.05, 4.69) is 5.10 Å². The molecule has 1 aliphatic rings. The van der Waals surface area contributed by atoms with Gasteiger partial charge in [-0.3, -0.25) is 4.68 Å². The number of nitrogens with zero attached hydrogens (tertiary/aromatic N) is 3. The topological polar surface area (TPSA) is 81.2 Å². The Labute approximate surface area is 128 Å². The van der Waals surface area contributed by atoms with E-state index in [4.69, 9.17) is 5.73 Å². The molecular formula is C14H17FN4O2S. The summed E-state index contributed by atoms with van der Waals surface area (Å²) in [5, 5.41) is 3.99. The van der Waals surface area contributed by atoms with Crippen LogP contribution in [0.4, 0.5) is 4.39 Å². The van der Waals surface area contributed by atoms with Gasteiger partial charge in [0.2, 0.25) is 0 Å². The minimum absolute atomic E-state index is 0.105. The second-order valence-electron chi connectivity index (χ2n) is 5.41. The average Bonchev–Trinajstić information content (AvgIpc) is 3.06. The van der Waals surface area contributed by atoms with Crippen molar-refractivity contribution in [3.8, 4) is 0 Å². The first-order valence-corrected chi connectivity index (χ1v) is 8.33. The van der Waals surface area contributed by atoms with Crippen molar-refractivity contribution in [3.05, 3.63) is 47.9 Å². The van der Waals surface area contributed by atoms with Crippen LogP contribution in [0.15, 0.2) is 41.6 Å². The lowest BCUT2D eigenvalue weighted by molar-refractivity contribution is 0.459. The lowest BCUT2D eigenvalue weighted by Gasteiger charge is -2.16. The van der Waals surface area contributed by atoms with Crippen molar-refractivity contribution < 1.29 is 12.8 Å². The summed E-state index contributed by atoms with van der Waals surface area (Å²) in [5.41, 5.74) is 6.52. The van der Waals surface area contributed by atoms with Crippen molar-refractivity contribution in [2.45, 2.75) is 17.0 Å². The number of aromatic nitrogens is 2. The zero-order chi connectivity index (χ0) is 15.9.